The standard InChI is InChI=1S/C14H25NO6P2/c1-2-3-4-5-6-9-15-10-7-8-13(12-15)11-14(22(16,17)18)23(19,20)21/h7-8,10,12,14H,2-6,9,11H2,1H3,(H3-,16,17,18,19,20,21). The van der Waals surface area contributed by atoms with Crippen LogP contribution in [0.5, 0.6) is 0 Å². The highest BCUT2D eigenvalue weighted by Gasteiger charge is 2.37. The lowest BCUT2D eigenvalue weighted by molar-refractivity contribution is -0.697. The van der Waals surface area contributed by atoms with Crippen LogP contribution in [0.3, 0.4) is 0 Å². The lowest BCUT2D eigenvalue weighted by atomic mass is 10.1. The molecule has 2 atom stereocenters. The Labute approximate surface area is 136 Å². The Morgan fingerprint density at radius 2 is 1.83 bits per heavy atom. The number of unbranched alkanes of at least 4 members (excludes halogenated alkanes) is 4. The molecule has 0 amide bonds. The molecule has 1 heterocycles. The molecule has 9 heteroatoms. The van der Waals surface area contributed by atoms with Crippen LogP contribution >= 0.6 is 15.2 Å². The third-order valence-electron chi connectivity index (χ3n) is 3.62. The maximum atomic E-state index is 11.3. The van der Waals surface area contributed by atoms with Crippen LogP contribution in [0.15, 0.2) is 24.5 Å². The summed E-state index contributed by atoms with van der Waals surface area (Å²) in [5, 5.41) is -2.10. The Morgan fingerprint density at radius 1 is 1.17 bits per heavy atom. The predicted molar refractivity (Wildman–Crippen MR) is 84.8 cm³/mol. The molecular weight excluding hydrogens is 340 g/mol. The van der Waals surface area contributed by atoms with Crippen molar-refractivity contribution in [2.75, 3.05) is 0 Å². The summed E-state index contributed by atoms with van der Waals surface area (Å²) in [5.41, 5.74) is 0.458. The molecule has 23 heavy (non-hydrogen) atoms. The monoisotopic (exact) mass is 365 g/mol. The number of nitrogens with zero attached hydrogens (tertiary/aromatic N) is 1. The van der Waals surface area contributed by atoms with E-state index in [1.807, 2.05) is 10.8 Å². The summed E-state index contributed by atoms with van der Waals surface area (Å²) in [5.74, 6) is 0. The predicted octanol–water partition coefficient (Wildman–Crippen LogP) is 1.54. The minimum Gasteiger partial charge on any atom is -0.778 e. The second-order valence-corrected chi connectivity index (χ2v) is 9.66. The molecule has 0 aliphatic heterocycles. The van der Waals surface area contributed by atoms with E-state index in [1.54, 1.807) is 18.3 Å². The third kappa shape index (κ3) is 7.71. The number of rotatable bonds is 10. The maximum absolute atomic E-state index is 11.3. The van der Waals surface area contributed by atoms with Gasteiger partial charge in [-0.25, -0.2) is 4.57 Å². The number of aromatic nitrogens is 1. The molecule has 0 spiro atoms. The fraction of sp³-hybridized carbons (Fsp3) is 0.643. The summed E-state index contributed by atoms with van der Waals surface area (Å²) in [4.78, 5) is 38.6. The molecule has 7 nitrogen and oxygen atoms in total. The molecule has 3 N–H and O–H groups in total. The summed E-state index contributed by atoms with van der Waals surface area (Å²) in [6.07, 6.45) is 8.69. The van der Waals surface area contributed by atoms with Crippen LogP contribution in [0.4, 0.5) is 0 Å². The van der Waals surface area contributed by atoms with E-state index in [1.165, 1.54) is 19.3 Å². The van der Waals surface area contributed by atoms with E-state index in [2.05, 4.69) is 6.92 Å². The zero-order valence-corrected chi connectivity index (χ0v) is 15.0. The second-order valence-electron chi connectivity index (χ2n) is 5.70. The number of hydrogen-bond acceptors (Lipinski definition) is 3. The van der Waals surface area contributed by atoms with E-state index < -0.39 is 27.0 Å². The van der Waals surface area contributed by atoms with E-state index in [-0.39, 0.29) is 0 Å². The van der Waals surface area contributed by atoms with Crippen LogP contribution in [-0.4, -0.2) is 20.1 Å². The second kappa shape index (κ2) is 9.07. The topological polar surface area (TPSA) is 122 Å². The van der Waals surface area contributed by atoms with Crippen molar-refractivity contribution in [2.45, 2.75) is 57.4 Å². The van der Waals surface area contributed by atoms with E-state index in [0.29, 0.717) is 5.56 Å². The Kier molecular flexibility index (Phi) is 8.08. The van der Waals surface area contributed by atoms with Crippen LogP contribution in [0.1, 0.15) is 44.6 Å². The van der Waals surface area contributed by atoms with Gasteiger partial charge >= 0.3 is 7.60 Å². The third-order valence-corrected chi connectivity index (χ3v) is 7.30. The van der Waals surface area contributed by atoms with Gasteiger partial charge in [0.05, 0.1) is 0 Å². The minimum atomic E-state index is -5.13. The van der Waals surface area contributed by atoms with E-state index in [9.17, 15) is 14.0 Å². The highest BCUT2D eigenvalue weighted by Crippen LogP contribution is 2.58. The van der Waals surface area contributed by atoms with Gasteiger partial charge in [0.1, 0.15) is 19.5 Å². The van der Waals surface area contributed by atoms with Crippen LogP contribution < -0.4 is 9.46 Å². The fourth-order valence-electron chi connectivity index (χ4n) is 2.37. The van der Waals surface area contributed by atoms with Gasteiger partial charge in [-0.2, -0.15) is 0 Å². The average Bonchev–Trinajstić information content (AvgIpc) is 2.43. The molecule has 0 aliphatic rings. The van der Waals surface area contributed by atoms with Crippen molar-refractivity contribution >= 4 is 15.2 Å². The number of aryl methyl sites for hydroxylation is 1. The molecule has 0 saturated heterocycles. The molecule has 0 aromatic carbocycles. The van der Waals surface area contributed by atoms with Crippen molar-refractivity contribution < 1.29 is 33.3 Å². The number of pyridine rings is 1. The van der Waals surface area contributed by atoms with E-state index >= 15 is 0 Å². The smallest absolute Gasteiger partial charge is 0.337 e. The Morgan fingerprint density at radius 3 is 2.39 bits per heavy atom. The molecule has 0 aliphatic carbocycles. The molecular formula is C14H25NO6P2. The van der Waals surface area contributed by atoms with Crippen molar-refractivity contribution in [1.82, 2.24) is 0 Å². The lowest BCUT2D eigenvalue weighted by Gasteiger charge is -2.27. The highest BCUT2D eigenvalue weighted by atomic mass is 31.2. The van der Waals surface area contributed by atoms with Gasteiger partial charge in [0.25, 0.3) is 0 Å². The fourth-order valence-corrected chi connectivity index (χ4v) is 4.78. The first-order valence-corrected chi connectivity index (χ1v) is 11.0. The van der Waals surface area contributed by atoms with Crippen LogP contribution in [0.25, 0.3) is 0 Å². The Bertz CT molecular complexity index is 560. The first-order valence-electron chi connectivity index (χ1n) is 7.71. The molecule has 0 fully saturated rings. The van der Waals surface area contributed by atoms with Crippen molar-refractivity contribution in [3.05, 3.63) is 30.1 Å². The maximum Gasteiger partial charge on any atom is 0.337 e. The van der Waals surface area contributed by atoms with Crippen molar-refractivity contribution in [1.29, 1.82) is 0 Å². The highest BCUT2D eigenvalue weighted by molar-refractivity contribution is 7.70. The summed E-state index contributed by atoms with van der Waals surface area (Å²) < 4.78 is 24.4. The van der Waals surface area contributed by atoms with E-state index in [0.717, 1.165) is 19.4 Å². The zero-order chi connectivity index (χ0) is 17.5. The molecule has 0 saturated carbocycles. The first kappa shape index (κ1) is 20.5. The summed E-state index contributed by atoms with van der Waals surface area (Å²) in [6.45, 7) is 2.90. The van der Waals surface area contributed by atoms with Crippen LogP contribution in [0.2, 0.25) is 0 Å². The largest absolute Gasteiger partial charge is 0.778 e. The van der Waals surface area contributed by atoms with Crippen molar-refractivity contribution in [3.63, 3.8) is 0 Å². The van der Waals surface area contributed by atoms with Crippen LogP contribution in [0, 0.1) is 0 Å². The molecule has 2 unspecified atom stereocenters. The first-order chi connectivity index (χ1) is 10.6. The normalized spacial score (nSPS) is 16.0. The molecule has 1 aromatic heterocycles. The quantitative estimate of drug-likeness (QED) is 0.328. The minimum absolute atomic E-state index is 0.418. The van der Waals surface area contributed by atoms with Gasteiger partial charge in [0.15, 0.2) is 12.4 Å². The van der Waals surface area contributed by atoms with Gasteiger partial charge in [-0.1, -0.05) is 26.2 Å². The van der Waals surface area contributed by atoms with Gasteiger partial charge in [-0.15, -0.1) is 0 Å². The number of hydrogen-bond donors (Lipinski definition) is 3. The molecule has 0 bridgehead atoms. The molecule has 1 rings (SSSR count). The lowest BCUT2D eigenvalue weighted by Crippen LogP contribution is -2.33. The Balaban J connectivity index is 2.72. The SMILES string of the molecule is CCCCCCC[n+]1cccc(CC(P(=O)([O-])O)P(=O)(O)O)c1. The van der Waals surface area contributed by atoms with Gasteiger partial charge in [0.2, 0.25) is 0 Å². The van der Waals surface area contributed by atoms with E-state index in [4.69, 9.17) is 14.7 Å². The zero-order valence-electron chi connectivity index (χ0n) is 13.2. The molecule has 132 valence electrons. The van der Waals surface area contributed by atoms with Gasteiger partial charge in [0, 0.05) is 24.5 Å². The molecule has 1 aromatic rings. The molecule has 0 radical (unpaired) electrons. The van der Waals surface area contributed by atoms with Crippen molar-refractivity contribution in [3.8, 4) is 0 Å². The van der Waals surface area contributed by atoms with Crippen LogP contribution in [-0.2, 0) is 22.1 Å². The van der Waals surface area contributed by atoms with Crippen molar-refractivity contribution in [2.24, 2.45) is 0 Å². The van der Waals surface area contributed by atoms with Gasteiger partial charge < -0.3 is 24.1 Å². The van der Waals surface area contributed by atoms with Gasteiger partial charge in [-0.05, 0) is 12.5 Å². The summed E-state index contributed by atoms with van der Waals surface area (Å²) >= 11 is 0. The average molecular weight is 365 g/mol. The summed E-state index contributed by atoms with van der Waals surface area (Å²) in [6, 6.07) is 3.29. The Hall–Kier alpha value is -0.550. The van der Waals surface area contributed by atoms with Gasteiger partial charge in [-0.3, -0.25) is 4.57 Å². The summed E-state index contributed by atoms with van der Waals surface area (Å²) in [7, 11) is -10.1.